The molecule has 2 aromatic heterocycles. The van der Waals surface area contributed by atoms with Crippen molar-refractivity contribution < 1.29 is 18.3 Å². The summed E-state index contributed by atoms with van der Waals surface area (Å²) in [7, 11) is 0. The normalized spacial score (nSPS) is 15.5. The summed E-state index contributed by atoms with van der Waals surface area (Å²) >= 11 is 1.56. The molecular formula is C22H25F2N5O2S. The summed E-state index contributed by atoms with van der Waals surface area (Å²) in [6, 6.07) is 9.29. The van der Waals surface area contributed by atoms with Crippen molar-refractivity contribution in [3.05, 3.63) is 36.2 Å². The van der Waals surface area contributed by atoms with Crippen molar-refractivity contribution in [3.63, 3.8) is 0 Å². The molecule has 1 aliphatic heterocycles. The number of hydrogen-bond donors (Lipinski definition) is 3. The van der Waals surface area contributed by atoms with Gasteiger partial charge < -0.3 is 20.4 Å². The first-order chi connectivity index (χ1) is 15.5. The lowest BCUT2D eigenvalue weighted by Gasteiger charge is -2.12. The Morgan fingerprint density at radius 3 is 2.56 bits per heavy atom. The number of fused-ring (bicyclic) bond motifs is 1. The molecule has 0 unspecified atom stereocenters. The highest BCUT2D eigenvalue weighted by molar-refractivity contribution is 7.98. The monoisotopic (exact) mass is 461 g/mol. The van der Waals surface area contributed by atoms with Gasteiger partial charge in [-0.25, -0.2) is 18.7 Å². The molecule has 10 heteroatoms. The van der Waals surface area contributed by atoms with Crippen LogP contribution in [0.2, 0.25) is 0 Å². The number of nitrogens with one attached hydrogen (secondary N) is 3. The van der Waals surface area contributed by atoms with E-state index in [1.807, 2.05) is 30.5 Å². The number of para-hydroxylation sites is 1. The van der Waals surface area contributed by atoms with Gasteiger partial charge in [-0.2, -0.15) is 0 Å². The number of carbonyl (C=O) groups excluding carboxylic acids is 1. The van der Waals surface area contributed by atoms with Crippen LogP contribution >= 0.6 is 11.8 Å². The maximum absolute atomic E-state index is 13.1. The summed E-state index contributed by atoms with van der Waals surface area (Å²) in [5.74, 6) is -0.269. The van der Waals surface area contributed by atoms with Crippen molar-refractivity contribution in [2.75, 3.05) is 30.1 Å². The highest BCUT2D eigenvalue weighted by Gasteiger charge is 2.30. The van der Waals surface area contributed by atoms with E-state index < -0.39 is 12.2 Å². The Morgan fingerprint density at radius 2 is 1.94 bits per heavy atom. The van der Waals surface area contributed by atoms with Gasteiger partial charge in [-0.15, -0.1) is 11.8 Å². The first-order valence-electron chi connectivity index (χ1n) is 10.5. The Morgan fingerprint density at radius 1 is 1.19 bits per heavy atom. The molecule has 5 rings (SSSR count). The molecule has 0 atom stereocenters. The minimum atomic E-state index is -2.74. The molecule has 3 aromatic rings. The van der Waals surface area contributed by atoms with Crippen LogP contribution in [0.5, 0.6) is 0 Å². The lowest BCUT2D eigenvalue weighted by atomic mass is 10.2. The van der Waals surface area contributed by atoms with Crippen LogP contribution in [0.1, 0.15) is 37.9 Å². The van der Waals surface area contributed by atoms with Gasteiger partial charge in [0.2, 0.25) is 5.91 Å². The number of carbonyl (C=O) groups is 1. The van der Waals surface area contributed by atoms with Crippen molar-refractivity contribution in [1.82, 2.24) is 15.0 Å². The Kier molecular flexibility index (Phi) is 7.21. The van der Waals surface area contributed by atoms with Gasteiger partial charge in [-0.05, 0) is 44.1 Å². The minimum Gasteiger partial charge on any atom is -0.381 e. The zero-order valence-electron chi connectivity index (χ0n) is 17.7. The fourth-order valence-electron chi connectivity index (χ4n) is 3.25. The number of nitrogens with zero attached hydrogens (tertiary/aromatic N) is 2. The lowest BCUT2D eigenvalue weighted by molar-refractivity contribution is -0.117. The molecule has 0 spiro atoms. The number of hydrogen-bond acceptors (Lipinski definition) is 6. The van der Waals surface area contributed by atoms with Crippen LogP contribution < -0.4 is 10.6 Å². The average Bonchev–Trinajstić information content (AvgIpc) is 3.27. The average molecular weight is 462 g/mol. The van der Waals surface area contributed by atoms with Gasteiger partial charge in [0.15, 0.2) is 11.5 Å². The Bertz CT molecular complexity index is 1080. The van der Waals surface area contributed by atoms with Gasteiger partial charge in [-0.3, -0.25) is 4.79 Å². The first kappa shape index (κ1) is 22.5. The Labute approximate surface area is 188 Å². The third-order valence-electron chi connectivity index (χ3n) is 5.09. The number of halogens is 2. The molecular weight excluding hydrogens is 436 g/mol. The molecule has 1 saturated heterocycles. The highest BCUT2D eigenvalue weighted by Crippen LogP contribution is 2.34. The number of H-pyrrole nitrogens is 1. The Hall–Kier alpha value is -2.72. The predicted octanol–water partition coefficient (Wildman–Crippen LogP) is 5.51. The number of pyridine rings is 1. The summed E-state index contributed by atoms with van der Waals surface area (Å²) in [5, 5.41) is 6.00. The van der Waals surface area contributed by atoms with Gasteiger partial charge in [0.25, 0.3) is 6.43 Å². The fourth-order valence-corrected chi connectivity index (χ4v) is 3.80. The molecule has 1 amide bonds. The van der Waals surface area contributed by atoms with E-state index >= 15 is 0 Å². The molecule has 2 fully saturated rings. The fraction of sp³-hybridized carbons (Fsp3) is 0.409. The summed E-state index contributed by atoms with van der Waals surface area (Å²) in [6.07, 6.45) is 3.49. The van der Waals surface area contributed by atoms with Crippen LogP contribution in [0.15, 0.2) is 35.2 Å². The molecule has 1 saturated carbocycles. The highest BCUT2D eigenvalue weighted by atomic mass is 32.2. The molecule has 0 radical (unpaired) electrons. The number of thioether (sulfide) groups is 1. The largest absolute Gasteiger partial charge is 0.381 e. The molecule has 7 nitrogen and oxygen atoms in total. The molecule has 0 bridgehead atoms. The molecule has 170 valence electrons. The summed E-state index contributed by atoms with van der Waals surface area (Å²) in [6.45, 7) is 2.00. The van der Waals surface area contributed by atoms with Crippen LogP contribution in [0, 0.1) is 5.92 Å². The van der Waals surface area contributed by atoms with E-state index in [1.54, 1.807) is 17.8 Å². The summed E-state index contributed by atoms with van der Waals surface area (Å²) in [4.78, 5) is 23.8. The number of aromatic amines is 1. The molecule has 1 aliphatic carbocycles. The molecule has 2 aliphatic rings. The number of ether oxygens (including phenoxy) is 1. The van der Waals surface area contributed by atoms with Crippen LogP contribution in [0.25, 0.3) is 11.2 Å². The maximum atomic E-state index is 13.1. The van der Waals surface area contributed by atoms with Gasteiger partial charge in [0.05, 0.1) is 11.4 Å². The van der Waals surface area contributed by atoms with Crippen molar-refractivity contribution >= 4 is 46.0 Å². The van der Waals surface area contributed by atoms with Gasteiger partial charge in [0, 0.05) is 30.1 Å². The topological polar surface area (TPSA) is 91.9 Å². The summed E-state index contributed by atoms with van der Waals surface area (Å²) < 4.78 is 31.1. The van der Waals surface area contributed by atoms with Crippen LogP contribution in [0.3, 0.4) is 0 Å². The zero-order valence-corrected chi connectivity index (χ0v) is 18.5. The predicted molar refractivity (Wildman–Crippen MR) is 122 cm³/mol. The molecule has 1 aromatic carbocycles. The van der Waals surface area contributed by atoms with Crippen LogP contribution in [-0.4, -0.2) is 40.3 Å². The SMILES string of the molecule is C1CCOC1.CSc1ccccc1Nc1cc(NC(=O)C2CC2)nc2nc(C(F)F)[nH]c12. The first-order valence-corrected chi connectivity index (χ1v) is 11.7. The van der Waals surface area contributed by atoms with Crippen molar-refractivity contribution in [3.8, 4) is 0 Å². The van der Waals surface area contributed by atoms with E-state index in [4.69, 9.17) is 4.74 Å². The second kappa shape index (κ2) is 10.3. The number of aromatic nitrogens is 3. The zero-order chi connectivity index (χ0) is 22.5. The van der Waals surface area contributed by atoms with E-state index in [0.29, 0.717) is 11.2 Å². The van der Waals surface area contributed by atoms with Crippen LogP contribution in [-0.2, 0) is 9.53 Å². The van der Waals surface area contributed by atoms with Crippen molar-refractivity contribution in [2.45, 2.75) is 37.0 Å². The van der Waals surface area contributed by atoms with Crippen molar-refractivity contribution in [1.29, 1.82) is 0 Å². The van der Waals surface area contributed by atoms with E-state index in [1.165, 1.54) is 12.8 Å². The van der Waals surface area contributed by atoms with E-state index in [-0.39, 0.29) is 23.3 Å². The van der Waals surface area contributed by atoms with E-state index in [0.717, 1.165) is 36.6 Å². The lowest BCUT2D eigenvalue weighted by Crippen LogP contribution is -2.14. The minimum absolute atomic E-state index is 0.00642. The number of amides is 1. The molecule has 3 heterocycles. The quantitative estimate of drug-likeness (QED) is 0.420. The number of rotatable bonds is 6. The standard InChI is InChI=1S/C18H17F2N5OS.C4H8O/c1-27-12-5-3-2-4-10(12)21-11-8-13(23-18(26)9-6-7-9)22-16-14(11)24-17(25-16)15(19)20;1-2-4-5-3-1/h2-5,8-9,15H,6-7H2,1H3,(H3,21,22,23,24,25,26);1-4H2. The van der Waals surface area contributed by atoms with E-state index in [2.05, 4.69) is 25.6 Å². The third-order valence-corrected chi connectivity index (χ3v) is 5.89. The summed E-state index contributed by atoms with van der Waals surface area (Å²) in [5.41, 5.74) is 1.84. The van der Waals surface area contributed by atoms with Gasteiger partial charge in [0.1, 0.15) is 11.3 Å². The number of alkyl halides is 2. The molecule has 3 N–H and O–H groups in total. The Balaban J connectivity index is 0.000000433. The number of imidazole rings is 1. The molecule has 32 heavy (non-hydrogen) atoms. The van der Waals surface area contributed by atoms with Crippen LogP contribution in [0.4, 0.5) is 26.0 Å². The maximum Gasteiger partial charge on any atom is 0.295 e. The number of anilines is 3. The smallest absolute Gasteiger partial charge is 0.295 e. The second-order valence-electron chi connectivity index (χ2n) is 7.58. The number of benzene rings is 1. The van der Waals surface area contributed by atoms with E-state index in [9.17, 15) is 13.6 Å². The van der Waals surface area contributed by atoms with Gasteiger partial charge in [-0.1, -0.05) is 12.1 Å². The second-order valence-corrected chi connectivity index (χ2v) is 8.43. The third kappa shape index (κ3) is 5.55. The van der Waals surface area contributed by atoms with Crippen molar-refractivity contribution in [2.24, 2.45) is 5.92 Å². The van der Waals surface area contributed by atoms with Gasteiger partial charge >= 0.3 is 0 Å².